The van der Waals surface area contributed by atoms with E-state index in [0.29, 0.717) is 12.3 Å². The summed E-state index contributed by atoms with van der Waals surface area (Å²) in [6.07, 6.45) is 0.632. The van der Waals surface area contributed by atoms with Crippen molar-refractivity contribution in [3.05, 3.63) is 34.4 Å². The molecule has 0 fully saturated rings. The van der Waals surface area contributed by atoms with Crippen LogP contribution in [0.3, 0.4) is 0 Å². The Morgan fingerprint density at radius 2 is 1.95 bits per heavy atom. The number of rotatable bonds is 5. The van der Waals surface area contributed by atoms with E-state index in [0.717, 1.165) is 12.1 Å². The van der Waals surface area contributed by atoms with Crippen molar-refractivity contribution in [2.24, 2.45) is 11.7 Å². The van der Waals surface area contributed by atoms with E-state index in [9.17, 15) is 13.6 Å². The van der Waals surface area contributed by atoms with E-state index in [1.807, 2.05) is 13.8 Å². The molecule has 0 aliphatic carbocycles. The Morgan fingerprint density at radius 3 is 2.43 bits per heavy atom. The van der Waals surface area contributed by atoms with Gasteiger partial charge in [-0.15, -0.1) is 12.4 Å². The van der Waals surface area contributed by atoms with Crippen molar-refractivity contribution in [3.63, 3.8) is 0 Å². The molecule has 0 aromatic heterocycles. The largest absolute Gasteiger partial charge is 0.346 e. The lowest BCUT2D eigenvalue weighted by Gasteiger charge is -2.31. The molecule has 0 saturated heterocycles. The molecule has 21 heavy (non-hydrogen) atoms. The first kappa shape index (κ1) is 20.1. The highest BCUT2D eigenvalue weighted by Gasteiger charge is 2.27. The maximum atomic E-state index is 13.7. The van der Waals surface area contributed by atoms with Crippen molar-refractivity contribution in [1.29, 1.82) is 0 Å². The standard InChI is InChI=1S/C14H19ClF2N2O.ClH/c1-8(2)6-14(3,7-18)19-13(20)9-4-12(17)10(15)5-11(9)16;/h4-5,8H,6-7,18H2,1-3H3,(H,19,20);1H. The summed E-state index contributed by atoms with van der Waals surface area (Å²) in [5.74, 6) is -2.10. The molecule has 0 aliphatic heterocycles. The van der Waals surface area contributed by atoms with Gasteiger partial charge < -0.3 is 11.1 Å². The van der Waals surface area contributed by atoms with E-state index in [2.05, 4.69) is 5.32 Å². The van der Waals surface area contributed by atoms with Crippen LogP contribution in [0.1, 0.15) is 37.6 Å². The minimum absolute atomic E-state index is 0. The maximum Gasteiger partial charge on any atom is 0.254 e. The summed E-state index contributed by atoms with van der Waals surface area (Å²) in [6.45, 7) is 5.95. The van der Waals surface area contributed by atoms with E-state index >= 15 is 0 Å². The first-order valence-corrected chi connectivity index (χ1v) is 6.73. The SMILES string of the molecule is CC(C)CC(C)(CN)NC(=O)c1cc(F)c(Cl)cc1F.Cl. The maximum absolute atomic E-state index is 13.7. The molecule has 120 valence electrons. The Hall–Kier alpha value is -0.910. The first-order valence-electron chi connectivity index (χ1n) is 6.35. The molecule has 0 aliphatic rings. The van der Waals surface area contributed by atoms with E-state index in [1.54, 1.807) is 6.92 Å². The summed E-state index contributed by atoms with van der Waals surface area (Å²) in [6, 6.07) is 1.58. The van der Waals surface area contributed by atoms with E-state index < -0.39 is 23.1 Å². The minimum atomic E-state index is -0.863. The third-order valence-electron chi connectivity index (χ3n) is 2.98. The fourth-order valence-electron chi connectivity index (χ4n) is 2.12. The quantitative estimate of drug-likeness (QED) is 0.805. The highest BCUT2D eigenvalue weighted by molar-refractivity contribution is 6.30. The van der Waals surface area contributed by atoms with Crippen LogP contribution in [0.5, 0.6) is 0 Å². The van der Waals surface area contributed by atoms with Crippen molar-refractivity contribution < 1.29 is 13.6 Å². The summed E-state index contributed by atoms with van der Waals surface area (Å²) in [5.41, 5.74) is 4.62. The van der Waals surface area contributed by atoms with Crippen LogP contribution in [0.4, 0.5) is 8.78 Å². The zero-order chi connectivity index (χ0) is 15.5. The predicted molar refractivity (Wildman–Crippen MR) is 83.0 cm³/mol. The third kappa shape index (κ3) is 5.41. The molecule has 0 spiro atoms. The number of nitrogens with one attached hydrogen (secondary N) is 1. The van der Waals surface area contributed by atoms with Crippen LogP contribution in [-0.4, -0.2) is 18.0 Å². The molecule has 1 atom stereocenters. The van der Waals surface area contributed by atoms with Crippen LogP contribution < -0.4 is 11.1 Å². The zero-order valence-corrected chi connectivity index (χ0v) is 13.7. The van der Waals surface area contributed by atoms with Gasteiger partial charge in [0.2, 0.25) is 0 Å². The van der Waals surface area contributed by atoms with Crippen molar-refractivity contribution in [2.45, 2.75) is 32.7 Å². The second-order valence-corrected chi connectivity index (χ2v) is 5.97. The zero-order valence-electron chi connectivity index (χ0n) is 12.2. The summed E-state index contributed by atoms with van der Waals surface area (Å²) < 4.78 is 27.0. The fraction of sp³-hybridized carbons (Fsp3) is 0.500. The number of halogens is 4. The highest BCUT2D eigenvalue weighted by Crippen LogP contribution is 2.21. The lowest BCUT2D eigenvalue weighted by molar-refractivity contribution is 0.0893. The number of hydrogen-bond acceptors (Lipinski definition) is 2. The Morgan fingerprint density at radius 1 is 1.38 bits per heavy atom. The first-order chi connectivity index (χ1) is 9.18. The molecule has 0 radical (unpaired) electrons. The Kier molecular flexibility index (Phi) is 7.57. The normalized spacial score (nSPS) is 13.5. The van der Waals surface area contributed by atoms with Gasteiger partial charge in [-0.25, -0.2) is 8.78 Å². The molecule has 1 rings (SSSR count). The van der Waals surface area contributed by atoms with Crippen molar-refractivity contribution in [2.75, 3.05) is 6.54 Å². The van der Waals surface area contributed by atoms with E-state index in [4.69, 9.17) is 17.3 Å². The van der Waals surface area contributed by atoms with Gasteiger partial charge in [-0.05, 0) is 31.4 Å². The monoisotopic (exact) mass is 340 g/mol. The average Bonchev–Trinajstić information content (AvgIpc) is 2.32. The summed E-state index contributed by atoms with van der Waals surface area (Å²) in [5, 5.41) is 2.31. The Bertz CT molecular complexity index is 512. The summed E-state index contributed by atoms with van der Waals surface area (Å²) in [7, 11) is 0. The van der Waals surface area contributed by atoms with Crippen LogP contribution in [0, 0.1) is 17.6 Å². The van der Waals surface area contributed by atoms with Crippen LogP contribution in [-0.2, 0) is 0 Å². The molecule has 0 bridgehead atoms. The topological polar surface area (TPSA) is 55.1 Å². The highest BCUT2D eigenvalue weighted by atomic mass is 35.5. The molecule has 1 unspecified atom stereocenters. The number of carbonyl (C=O) groups excluding carboxylic acids is 1. The van der Waals surface area contributed by atoms with Gasteiger partial charge in [0.15, 0.2) is 0 Å². The lowest BCUT2D eigenvalue weighted by atomic mass is 9.90. The van der Waals surface area contributed by atoms with Gasteiger partial charge in [-0.1, -0.05) is 25.4 Å². The van der Waals surface area contributed by atoms with Crippen molar-refractivity contribution >= 4 is 29.9 Å². The summed E-state index contributed by atoms with van der Waals surface area (Å²) >= 11 is 5.45. The average molecular weight is 341 g/mol. The molecule has 7 heteroatoms. The second kappa shape index (κ2) is 7.92. The molecule has 3 nitrogen and oxygen atoms in total. The summed E-state index contributed by atoms with van der Waals surface area (Å²) in [4.78, 5) is 12.1. The van der Waals surface area contributed by atoms with Gasteiger partial charge in [0, 0.05) is 12.1 Å². The van der Waals surface area contributed by atoms with Crippen LogP contribution >= 0.6 is 24.0 Å². The predicted octanol–water partition coefficient (Wildman–Crippen LogP) is 3.53. The number of amides is 1. The molecule has 0 saturated carbocycles. The lowest BCUT2D eigenvalue weighted by Crippen LogP contribution is -2.52. The minimum Gasteiger partial charge on any atom is -0.346 e. The number of nitrogens with two attached hydrogens (primary N) is 1. The molecule has 0 heterocycles. The van der Waals surface area contributed by atoms with E-state index in [-0.39, 0.29) is 29.5 Å². The molecule has 1 aromatic rings. The van der Waals surface area contributed by atoms with Gasteiger partial charge in [0.05, 0.1) is 10.6 Å². The van der Waals surface area contributed by atoms with Crippen molar-refractivity contribution in [3.8, 4) is 0 Å². The van der Waals surface area contributed by atoms with Gasteiger partial charge >= 0.3 is 0 Å². The molecule has 1 aromatic carbocycles. The Labute approximate surface area is 134 Å². The number of benzene rings is 1. The molecular weight excluding hydrogens is 321 g/mol. The number of carbonyl (C=O) groups is 1. The van der Waals surface area contributed by atoms with Gasteiger partial charge in [-0.2, -0.15) is 0 Å². The van der Waals surface area contributed by atoms with Crippen molar-refractivity contribution in [1.82, 2.24) is 5.32 Å². The smallest absolute Gasteiger partial charge is 0.254 e. The van der Waals surface area contributed by atoms with Gasteiger partial charge in [0.1, 0.15) is 11.6 Å². The molecule has 3 N–H and O–H groups in total. The fourth-order valence-corrected chi connectivity index (χ4v) is 2.27. The molecule has 1 amide bonds. The second-order valence-electron chi connectivity index (χ2n) is 5.56. The van der Waals surface area contributed by atoms with Crippen LogP contribution in [0.25, 0.3) is 0 Å². The third-order valence-corrected chi connectivity index (χ3v) is 3.27. The van der Waals surface area contributed by atoms with Crippen LogP contribution in [0.2, 0.25) is 5.02 Å². The number of hydrogen-bond donors (Lipinski definition) is 2. The Balaban J connectivity index is 0.00000400. The van der Waals surface area contributed by atoms with Gasteiger partial charge in [-0.3, -0.25) is 4.79 Å². The molecular formula is C14H20Cl2F2N2O. The van der Waals surface area contributed by atoms with Crippen LogP contribution in [0.15, 0.2) is 12.1 Å². The van der Waals surface area contributed by atoms with Gasteiger partial charge in [0.25, 0.3) is 5.91 Å². The van der Waals surface area contributed by atoms with E-state index in [1.165, 1.54) is 0 Å².